The predicted octanol–water partition coefficient (Wildman–Crippen LogP) is 2.55. The van der Waals surface area contributed by atoms with Crippen molar-refractivity contribution in [3.63, 3.8) is 0 Å². The molecule has 3 nitrogen and oxygen atoms in total. The molecule has 0 aliphatic carbocycles. The van der Waals surface area contributed by atoms with Gasteiger partial charge in [0, 0.05) is 19.2 Å². The molecule has 0 unspecified atom stereocenters. The van der Waals surface area contributed by atoms with Gasteiger partial charge in [0.15, 0.2) is 0 Å². The van der Waals surface area contributed by atoms with Crippen LogP contribution in [0, 0.1) is 0 Å². The Morgan fingerprint density at radius 1 is 1.32 bits per heavy atom. The third kappa shape index (κ3) is 4.55. The van der Waals surface area contributed by atoms with Crippen molar-refractivity contribution in [2.45, 2.75) is 25.6 Å². The summed E-state index contributed by atoms with van der Waals surface area (Å²) in [7, 11) is 1.43. The van der Waals surface area contributed by atoms with E-state index in [-0.39, 0.29) is 12.1 Å². The first-order valence-electron chi connectivity index (χ1n) is 5.66. The molecule has 1 amide bonds. The lowest BCUT2D eigenvalue weighted by Crippen LogP contribution is -2.39. The minimum atomic E-state index is -4.48. The minimum Gasteiger partial charge on any atom is -0.389 e. The number of hydrogen-bond donors (Lipinski definition) is 1. The summed E-state index contributed by atoms with van der Waals surface area (Å²) in [5, 5.41) is 9.59. The molecule has 0 saturated carbocycles. The Bertz CT molecular complexity index is 464. The number of hydrogen-bond acceptors (Lipinski definition) is 2. The molecule has 0 atom stereocenters. The molecule has 1 N–H and O–H groups in total. The second-order valence-corrected chi connectivity index (χ2v) is 5.05. The Hall–Kier alpha value is -1.56. The van der Waals surface area contributed by atoms with Gasteiger partial charge in [-0.2, -0.15) is 13.2 Å². The van der Waals surface area contributed by atoms with Crippen molar-refractivity contribution in [3.05, 3.63) is 35.4 Å². The van der Waals surface area contributed by atoms with Gasteiger partial charge in [-0.05, 0) is 32.0 Å². The van der Waals surface area contributed by atoms with E-state index in [0.717, 1.165) is 12.1 Å². The lowest BCUT2D eigenvalue weighted by Gasteiger charge is -2.25. The molecule has 19 heavy (non-hydrogen) atoms. The van der Waals surface area contributed by atoms with E-state index in [4.69, 9.17) is 0 Å². The van der Waals surface area contributed by atoms with Crippen LogP contribution in [0.4, 0.5) is 13.2 Å². The van der Waals surface area contributed by atoms with Crippen molar-refractivity contribution in [1.82, 2.24) is 4.90 Å². The average molecular weight is 275 g/mol. The summed E-state index contributed by atoms with van der Waals surface area (Å²) in [6, 6.07) is 4.22. The molecule has 1 rings (SSSR count). The highest BCUT2D eigenvalue weighted by Crippen LogP contribution is 2.29. The van der Waals surface area contributed by atoms with Crippen LogP contribution in [0.5, 0.6) is 0 Å². The van der Waals surface area contributed by atoms with E-state index in [2.05, 4.69) is 0 Å². The topological polar surface area (TPSA) is 40.5 Å². The molecule has 6 heteroatoms. The Kier molecular flexibility index (Phi) is 4.25. The van der Waals surface area contributed by atoms with E-state index in [1.807, 2.05) is 0 Å². The highest BCUT2D eigenvalue weighted by atomic mass is 19.4. The molecular formula is C13H16F3NO2. The van der Waals surface area contributed by atoms with Gasteiger partial charge >= 0.3 is 6.18 Å². The highest BCUT2D eigenvalue weighted by Gasteiger charge is 2.31. The van der Waals surface area contributed by atoms with Crippen molar-refractivity contribution < 1.29 is 23.1 Å². The van der Waals surface area contributed by atoms with E-state index in [0.29, 0.717) is 0 Å². The number of nitrogens with zero attached hydrogens (tertiary/aromatic N) is 1. The zero-order chi connectivity index (χ0) is 14.8. The summed E-state index contributed by atoms with van der Waals surface area (Å²) in [4.78, 5) is 13.1. The number of rotatable bonds is 3. The fraction of sp³-hybridized carbons (Fsp3) is 0.462. The molecule has 0 saturated heterocycles. The Morgan fingerprint density at radius 2 is 1.89 bits per heavy atom. The third-order valence-corrected chi connectivity index (χ3v) is 2.41. The quantitative estimate of drug-likeness (QED) is 0.921. The van der Waals surface area contributed by atoms with Crippen LogP contribution in [0.3, 0.4) is 0 Å². The molecule has 0 spiro atoms. The number of likely N-dealkylation sites (N-methyl/N-ethyl adjacent to an activating group) is 1. The number of halogens is 3. The van der Waals surface area contributed by atoms with Gasteiger partial charge in [-0.3, -0.25) is 4.79 Å². The lowest BCUT2D eigenvalue weighted by molar-refractivity contribution is -0.137. The van der Waals surface area contributed by atoms with Crippen LogP contribution in [-0.2, 0) is 6.18 Å². The van der Waals surface area contributed by atoms with Crippen LogP contribution < -0.4 is 0 Å². The third-order valence-electron chi connectivity index (χ3n) is 2.41. The number of alkyl halides is 3. The zero-order valence-corrected chi connectivity index (χ0v) is 11.0. The molecule has 0 fully saturated rings. The van der Waals surface area contributed by atoms with Crippen LogP contribution in [0.1, 0.15) is 29.8 Å². The van der Waals surface area contributed by atoms with Crippen LogP contribution in [0.25, 0.3) is 0 Å². The van der Waals surface area contributed by atoms with Crippen LogP contribution in [-0.4, -0.2) is 35.1 Å². The van der Waals surface area contributed by atoms with Crippen molar-refractivity contribution in [2.24, 2.45) is 0 Å². The summed E-state index contributed by atoms with van der Waals surface area (Å²) in [5.74, 6) is -0.562. The number of carbonyl (C=O) groups is 1. The van der Waals surface area contributed by atoms with Gasteiger partial charge < -0.3 is 10.0 Å². The van der Waals surface area contributed by atoms with Crippen molar-refractivity contribution in [3.8, 4) is 0 Å². The van der Waals surface area contributed by atoms with E-state index in [9.17, 15) is 23.1 Å². The summed E-state index contributed by atoms with van der Waals surface area (Å²) >= 11 is 0. The number of aliphatic hydroxyl groups is 1. The van der Waals surface area contributed by atoms with Gasteiger partial charge in [-0.15, -0.1) is 0 Å². The fourth-order valence-corrected chi connectivity index (χ4v) is 1.70. The van der Waals surface area contributed by atoms with E-state index in [1.54, 1.807) is 0 Å². The lowest BCUT2D eigenvalue weighted by atomic mass is 10.1. The van der Waals surface area contributed by atoms with Crippen LogP contribution in [0.2, 0.25) is 0 Å². The minimum absolute atomic E-state index is 0.0298. The Morgan fingerprint density at radius 3 is 2.37 bits per heavy atom. The Labute approximate surface area is 109 Å². The largest absolute Gasteiger partial charge is 0.416 e. The molecule has 0 radical (unpaired) electrons. The fourth-order valence-electron chi connectivity index (χ4n) is 1.70. The van der Waals surface area contributed by atoms with Crippen LogP contribution in [0.15, 0.2) is 24.3 Å². The summed E-state index contributed by atoms with van der Waals surface area (Å²) in [5.41, 5.74) is -2.02. The van der Waals surface area contributed by atoms with E-state index < -0.39 is 23.2 Å². The van der Waals surface area contributed by atoms with Gasteiger partial charge in [0.05, 0.1) is 11.2 Å². The zero-order valence-electron chi connectivity index (χ0n) is 11.0. The monoisotopic (exact) mass is 275 g/mol. The molecule has 0 heterocycles. The van der Waals surface area contributed by atoms with Crippen molar-refractivity contribution in [2.75, 3.05) is 13.6 Å². The molecule has 0 aliphatic rings. The standard InChI is InChI=1S/C13H16F3NO2/c1-12(2,19)8-17(3)11(18)9-5-4-6-10(7-9)13(14,15)16/h4-7,19H,8H2,1-3H3. The molecule has 0 aliphatic heterocycles. The second-order valence-electron chi connectivity index (χ2n) is 5.05. The van der Waals surface area contributed by atoms with Crippen molar-refractivity contribution >= 4 is 5.91 Å². The molecule has 106 valence electrons. The maximum atomic E-state index is 12.5. The summed E-state index contributed by atoms with van der Waals surface area (Å²) in [6.07, 6.45) is -4.48. The normalized spacial score (nSPS) is 12.4. The maximum Gasteiger partial charge on any atom is 0.416 e. The van der Waals surface area contributed by atoms with Gasteiger partial charge in [0.1, 0.15) is 0 Å². The van der Waals surface area contributed by atoms with Gasteiger partial charge in [-0.1, -0.05) is 6.07 Å². The first kappa shape index (κ1) is 15.5. The Balaban J connectivity index is 2.95. The number of carbonyl (C=O) groups excluding carboxylic acids is 1. The predicted molar refractivity (Wildman–Crippen MR) is 64.7 cm³/mol. The molecular weight excluding hydrogens is 259 g/mol. The first-order chi connectivity index (χ1) is 8.50. The van der Waals surface area contributed by atoms with Gasteiger partial charge in [0.25, 0.3) is 5.91 Å². The smallest absolute Gasteiger partial charge is 0.389 e. The van der Waals surface area contributed by atoms with Gasteiger partial charge in [-0.25, -0.2) is 0 Å². The van der Waals surface area contributed by atoms with Crippen LogP contribution >= 0.6 is 0 Å². The average Bonchev–Trinajstić information content (AvgIpc) is 2.24. The summed E-state index contributed by atoms with van der Waals surface area (Å²) in [6.45, 7) is 3.06. The molecule has 1 aromatic rings. The first-order valence-corrected chi connectivity index (χ1v) is 5.66. The SMILES string of the molecule is CN(CC(C)(C)O)C(=O)c1cccc(C(F)(F)F)c1. The summed E-state index contributed by atoms with van der Waals surface area (Å²) < 4.78 is 37.6. The second kappa shape index (κ2) is 5.21. The molecule has 0 aromatic heterocycles. The molecule has 1 aromatic carbocycles. The van der Waals surface area contributed by atoms with Crippen molar-refractivity contribution in [1.29, 1.82) is 0 Å². The number of benzene rings is 1. The maximum absolute atomic E-state index is 12.5. The number of amides is 1. The highest BCUT2D eigenvalue weighted by molar-refractivity contribution is 5.94. The van der Waals surface area contributed by atoms with E-state index in [1.165, 1.54) is 37.9 Å². The van der Waals surface area contributed by atoms with Gasteiger partial charge in [0.2, 0.25) is 0 Å². The van der Waals surface area contributed by atoms with E-state index >= 15 is 0 Å². The molecule has 0 bridgehead atoms.